The molecule has 1 amide bonds. The van der Waals surface area contributed by atoms with Gasteiger partial charge in [-0.25, -0.2) is 0 Å². The fourth-order valence-corrected chi connectivity index (χ4v) is 2.79. The molecule has 116 valence electrons. The van der Waals surface area contributed by atoms with Gasteiger partial charge in [0.05, 0.1) is 0 Å². The van der Waals surface area contributed by atoms with Crippen molar-refractivity contribution in [2.75, 3.05) is 25.5 Å². The molecule has 0 aromatic heterocycles. The molecule has 0 bridgehead atoms. The van der Waals surface area contributed by atoms with E-state index in [2.05, 4.69) is 50.2 Å². The van der Waals surface area contributed by atoms with Crippen LogP contribution in [0.2, 0.25) is 0 Å². The molecule has 0 aliphatic carbocycles. The van der Waals surface area contributed by atoms with E-state index < -0.39 is 0 Å². The fraction of sp³-hybridized carbons (Fsp3) is 0.611. The first-order chi connectivity index (χ1) is 9.84. The molecule has 1 aromatic rings. The summed E-state index contributed by atoms with van der Waals surface area (Å²) in [6.07, 6.45) is 2.91. The van der Waals surface area contributed by atoms with Crippen molar-refractivity contribution in [3.05, 3.63) is 29.8 Å². The molecule has 0 spiro atoms. The minimum atomic E-state index is 0.146. The monoisotopic (exact) mass is 288 g/mol. The van der Waals surface area contributed by atoms with E-state index in [1.807, 2.05) is 12.1 Å². The summed E-state index contributed by atoms with van der Waals surface area (Å²) >= 11 is 0. The molecule has 1 saturated heterocycles. The normalized spacial score (nSPS) is 17.7. The molecule has 3 heteroatoms. The fourth-order valence-electron chi connectivity index (χ4n) is 2.79. The maximum atomic E-state index is 12.1. The molecule has 0 unspecified atom stereocenters. The predicted octanol–water partition coefficient (Wildman–Crippen LogP) is 3.65. The Bertz CT molecular complexity index is 465. The molecule has 1 heterocycles. The van der Waals surface area contributed by atoms with E-state index in [0.29, 0.717) is 12.3 Å². The number of nitrogens with one attached hydrogen (secondary N) is 1. The summed E-state index contributed by atoms with van der Waals surface area (Å²) in [4.78, 5) is 14.5. The number of carbonyl (C=O) groups excluding carboxylic acids is 1. The lowest BCUT2D eigenvalue weighted by molar-refractivity contribution is -0.117. The summed E-state index contributed by atoms with van der Waals surface area (Å²) in [7, 11) is 2.15. The molecule has 2 rings (SSSR count). The zero-order valence-electron chi connectivity index (χ0n) is 13.8. The lowest BCUT2D eigenvalue weighted by Gasteiger charge is -2.28. The molecular weight excluding hydrogens is 260 g/mol. The van der Waals surface area contributed by atoms with Crippen LogP contribution in [0.5, 0.6) is 0 Å². The average Bonchev–Trinajstić information content (AvgIpc) is 2.41. The first kappa shape index (κ1) is 16.0. The zero-order chi connectivity index (χ0) is 15.5. The lowest BCUT2D eigenvalue weighted by Crippen LogP contribution is -2.31. The van der Waals surface area contributed by atoms with Crippen molar-refractivity contribution in [2.45, 2.75) is 45.4 Å². The smallest absolute Gasteiger partial charge is 0.224 e. The first-order valence-corrected chi connectivity index (χ1v) is 7.93. The molecule has 0 saturated carbocycles. The summed E-state index contributed by atoms with van der Waals surface area (Å²) in [6, 6.07) is 8.22. The van der Waals surface area contributed by atoms with Gasteiger partial charge in [0.2, 0.25) is 5.91 Å². The molecule has 3 nitrogen and oxygen atoms in total. The molecule has 1 aliphatic rings. The van der Waals surface area contributed by atoms with Gasteiger partial charge in [0.1, 0.15) is 0 Å². The Morgan fingerprint density at radius 1 is 1.19 bits per heavy atom. The second-order valence-corrected chi connectivity index (χ2v) is 7.33. The minimum absolute atomic E-state index is 0.146. The standard InChI is InChI=1S/C18H28N2O/c1-18(2,3)15-5-7-16(8-6-15)19-17(21)13-14-9-11-20(4)12-10-14/h5-8,14H,9-13H2,1-4H3,(H,19,21). The van der Waals surface area contributed by atoms with Crippen LogP contribution in [0.4, 0.5) is 5.69 Å². The van der Waals surface area contributed by atoms with Gasteiger partial charge < -0.3 is 10.2 Å². The number of nitrogens with zero attached hydrogens (tertiary/aromatic N) is 1. The zero-order valence-corrected chi connectivity index (χ0v) is 13.8. The molecule has 21 heavy (non-hydrogen) atoms. The number of piperidine rings is 1. The molecule has 1 aliphatic heterocycles. The highest BCUT2D eigenvalue weighted by Gasteiger charge is 2.19. The minimum Gasteiger partial charge on any atom is -0.326 e. The van der Waals surface area contributed by atoms with E-state index in [9.17, 15) is 4.79 Å². The third-order valence-electron chi connectivity index (χ3n) is 4.35. The van der Waals surface area contributed by atoms with Crippen molar-refractivity contribution < 1.29 is 4.79 Å². The van der Waals surface area contributed by atoms with E-state index in [0.717, 1.165) is 31.6 Å². The number of carbonyl (C=O) groups is 1. The summed E-state index contributed by atoms with van der Waals surface area (Å²) in [6.45, 7) is 8.80. The van der Waals surface area contributed by atoms with Gasteiger partial charge in [-0.05, 0) is 62.0 Å². The van der Waals surface area contributed by atoms with E-state index >= 15 is 0 Å². The molecule has 0 atom stereocenters. The van der Waals surface area contributed by atoms with Crippen molar-refractivity contribution in [1.29, 1.82) is 0 Å². The van der Waals surface area contributed by atoms with Crippen molar-refractivity contribution in [2.24, 2.45) is 5.92 Å². The van der Waals surface area contributed by atoms with Crippen LogP contribution in [0.3, 0.4) is 0 Å². The Labute approximate surface area is 128 Å². The first-order valence-electron chi connectivity index (χ1n) is 7.93. The second kappa shape index (κ2) is 6.61. The summed E-state index contributed by atoms with van der Waals surface area (Å²) in [5.41, 5.74) is 2.34. The highest BCUT2D eigenvalue weighted by atomic mass is 16.1. The number of likely N-dealkylation sites (tertiary alicyclic amines) is 1. The average molecular weight is 288 g/mol. The third-order valence-corrected chi connectivity index (χ3v) is 4.35. The molecular formula is C18H28N2O. The van der Waals surface area contributed by atoms with Gasteiger partial charge in [0.25, 0.3) is 0 Å². The second-order valence-electron chi connectivity index (χ2n) is 7.33. The van der Waals surface area contributed by atoms with Crippen LogP contribution in [-0.2, 0) is 10.2 Å². The largest absolute Gasteiger partial charge is 0.326 e. The van der Waals surface area contributed by atoms with E-state index in [-0.39, 0.29) is 11.3 Å². The van der Waals surface area contributed by atoms with Crippen molar-refractivity contribution in [3.63, 3.8) is 0 Å². The Morgan fingerprint density at radius 2 is 1.76 bits per heavy atom. The van der Waals surface area contributed by atoms with Crippen LogP contribution in [0.15, 0.2) is 24.3 Å². The van der Waals surface area contributed by atoms with Crippen LogP contribution < -0.4 is 5.32 Å². The number of hydrogen-bond acceptors (Lipinski definition) is 2. The molecule has 0 radical (unpaired) electrons. The number of hydrogen-bond donors (Lipinski definition) is 1. The van der Waals surface area contributed by atoms with Crippen molar-refractivity contribution >= 4 is 11.6 Å². The maximum absolute atomic E-state index is 12.1. The Hall–Kier alpha value is -1.35. The van der Waals surface area contributed by atoms with Gasteiger partial charge in [-0.1, -0.05) is 32.9 Å². The molecule has 1 fully saturated rings. The third kappa shape index (κ3) is 4.85. The van der Waals surface area contributed by atoms with Gasteiger partial charge in [0.15, 0.2) is 0 Å². The van der Waals surface area contributed by atoms with Crippen LogP contribution in [0.1, 0.15) is 45.6 Å². The van der Waals surface area contributed by atoms with Gasteiger partial charge in [-0.3, -0.25) is 4.79 Å². The van der Waals surface area contributed by atoms with Gasteiger partial charge >= 0.3 is 0 Å². The molecule has 1 aromatic carbocycles. The van der Waals surface area contributed by atoms with E-state index in [1.165, 1.54) is 5.56 Å². The Morgan fingerprint density at radius 3 is 2.29 bits per heavy atom. The highest BCUT2D eigenvalue weighted by molar-refractivity contribution is 5.90. The van der Waals surface area contributed by atoms with Crippen LogP contribution in [0, 0.1) is 5.92 Å². The lowest BCUT2D eigenvalue weighted by atomic mass is 9.87. The Kier molecular flexibility index (Phi) is 5.04. The summed E-state index contributed by atoms with van der Waals surface area (Å²) in [5, 5.41) is 3.03. The van der Waals surface area contributed by atoms with E-state index in [1.54, 1.807) is 0 Å². The number of anilines is 1. The quantitative estimate of drug-likeness (QED) is 0.920. The highest BCUT2D eigenvalue weighted by Crippen LogP contribution is 2.24. The van der Waals surface area contributed by atoms with Crippen LogP contribution >= 0.6 is 0 Å². The summed E-state index contributed by atoms with van der Waals surface area (Å²) < 4.78 is 0. The van der Waals surface area contributed by atoms with Crippen LogP contribution in [0.25, 0.3) is 0 Å². The van der Waals surface area contributed by atoms with Crippen molar-refractivity contribution in [3.8, 4) is 0 Å². The van der Waals surface area contributed by atoms with Gasteiger partial charge in [-0.15, -0.1) is 0 Å². The van der Waals surface area contributed by atoms with Crippen molar-refractivity contribution in [1.82, 2.24) is 4.90 Å². The van der Waals surface area contributed by atoms with Gasteiger partial charge in [-0.2, -0.15) is 0 Å². The SMILES string of the molecule is CN1CCC(CC(=O)Nc2ccc(C(C)(C)C)cc2)CC1. The number of rotatable bonds is 3. The Balaban J connectivity index is 1.85. The summed E-state index contributed by atoms with van der Waals surface area (Å²) in [5.74, 6) is 0.683. The predicted molar refractivity (Wildman–Crippen MR) is 88.6 cm³/mol. The van der Waals surface area contributed by atoms with E-state index in [4.69, 9.17) is 0 Å². The maximum Gasteiger partial charge on any atom is 0.224 e. The molecule has 1 N–H and O–H groups in total. The topological polar surface area (TPSA) is 32.3 Å². The van der Waals surface area contributed by atoms with Gasteiger partial charge in [0, 0.05) is 12.1 Å². The number of amides is 1. The van der Waals surface area contributed by atoms with Crippen LogP contribution in [-0.4, -0.2) is 30.9 Å². The number of benzene rings is 1.